The van der Waals surface area contributed by atoms with E-state index in [1.807, 2.05) is 0 Å². The molecule has 0 aliphatic heterocycles. The van der Waals surface area contributed by atoms with Gasteiger partial charge in [-0.15, -0.1) is 0 Å². The van der Waals surface area contributed by atoms with Crippen molar-refractivity contribution in [2.75, 3.05) is 0 Å². The maximum atomic E-state index is 2.34. The smallest absolute Gasteiger partial charge is 0.0414 e. The lowest BCUT2D eigenvalue weighted by Crippen LogP contribution is -2.01. The molecule has 0 aromatic rings. The normalized spacial score (nSPS) is 12.4. The van der Waals surface area contributed by atoms with Crippen LogP contribution >= 0.6 is 0 Å². The molecule has 0 heteroatoms. The van der Waals surface area contributed by atoms with Crippen molar-refractivity contribution in [1.82, 2.24) is 0 Å². The quantitative estimate of drug-likeness (QED) is 0.0754. The van der Waals surface area contributed by atoms with Crippen LogP contribution in [0.5, 0.6) is 0 Å². The first-order valence-corrected chi connectivity index (χ1v) is 18.3. The number of hydrogen-bond donors (Lipinski definition) is 0. The van der Waals surface area contributed by atoms with E-state index in [4.69, 9.17) is 0 Å². The minimum absolute atomic E-state index is 1.04. The van der Waals surface area contributed by atoms with Crippen molar-refractivity contribution in [2.45, 2.75) is 233 Å². The molecule has 1 atom stereocenters. The van der Waals surface area contributed by atoms with Crippen LogP contribution in [-0.4, -0.2) is 0 Å². The second kappa shape index (κ2) is 34.0. The zero-order valence-electron chi connectivity index (χ0n) is 26.9. The summed E-state index contributed by atoms with van der Waals surface area (Å²) < 4.78 is 0. The standard InChI is InChI=1S/C37H76/c1-4-7-10-13-15-16-17-18-19-20-21-22-23-24-25-26-28-30-33-36-37(34-31-12-9-6-3)35-32-29-27-14-11-8-5-2/h37H,4-36H2,1-3H3. The minimum atomic E-state index is 1.04. The Kier molecular flexibility index (Phi) is 34.0. The van der Waals surface area contributed by atoms with Gasteiger partial charge in [-0.25, -0.2) is 0 Å². The highest BCUT2D eigenvalue weighted by Crippen LogP contribution is 2.25. The highest BCUT2D eigenvalue weighted by atomic mass is 14.1. The molecule has 0 aliphatic rings. The van der Waals surface area contributed by atoms with Gasteiger partial charge < -0.3 is 0 Å². The van der Waals surface area contributed by atoms with E-state index in [9.17, 15) is 0 Å². The van der Waals surface area contributed by atoms with Gasteiger partial charge in [-0.05, 0) is 5.92 Å². The van der Waals surface area contributed by atoms with Gasteiger partial charge in [0.05, 0.1) is 0 Å². The summed E-state index contributed by atoms with van der Waals surface area (Å²) in [6.07, 6.45) is 48.8. The molecule has 0 saturated heterocycles. The molecule has 0 radical (unpaired) electrons. The molecule has 0 bridgehead atoms. The summed E-state index contributed by atoms with van der Waals surface area (Å²) in [7, 11) is 0. The number of rotatable bonds is 33. The highest BCUT2D eigenvalue weighted by molar-refractivity contribution is 4.62. The lowest BCUT2D eigenvalue weighted by molar-refractivity contribution is 0.366. The molecule has 0 saturated carbocycles. The van der Waals surface area contributed by atoms with E-state index in [0.29, 0.717) is 0 Å². The summed E-state index contributed by atoms with van der Waals surface area (Å²) in [6, 6.07) is 0. The zero-order valence-corrected chi connectivity index (χ0v) is 26.9. The Morgan fingerprint density at radius 1 is 0.216 bits per heavy atom. The van der Waals surface area contributed by atoms with Crippen LogP contribution in [0, 0.1) is 5.92 Å². The Hall–Kier alpha value is 0. The summed E-state index contributed by atoms with van der Waals surface area (Å²) in [5, 5.41) is 0. The van der Waals surface area contributed by atoms with Crippen LogP contribution in [0.2, 0.25) is 0 Å². The molecule has 0 heterocycles. The molecule has 0 amide bonds. The maximum Gasteiger partial charge on any atom is -0.0414 e. The predicted molar refractivity (Wildman–Crippen MR) is 173 cm³/mol. The largest absolute Gasteiger partial charge is 0.0654 e. The van der Waals surface area contributed by atoms with E-state index in [1.54, 1.807) is 0 Å². The van der Waals surface area contributed by atoms with Crippen LogP contribution in [0.3, 0.4) is 0 Å². The van der Waals surface area contributed by atoms with Crippen molar-refractivity contribution in [1.29, 1.82) is 0 Å². The fourth-order valence-electron chi connectivity index (χ4n) is 6.19. The molecule has 224 valence electrons. The molecule has 0 spiro atoms. The molecule has 1 unspecified atom stereocenters. The van der Waals surface area contributed by atoms with E-state index in [-0.39, 0.29) is 0 Å². The van der Waals surface area contributed by atoms with E-state index in [1.165, 1.54) is 212 Å². The van der Waals surface area contributed by atoms with Gasteiger partial charge in [-0.3, -0.25) is 0 Å². The van der Waals surface area contributed by atoms with Crippen molar-refractivity contribution in [3.63, 3.8) is 0 Å². The van der Waals surface area contributed by atoms with Gasteiger partial charge >= 0.3 is 0 Å². The molecule has 0 fully saturated rings. The summed E-state index contributed by atoms with van der Waals surface area (Å²) in [5.74, 6) is 1.04. The van der Waals surface area contributed by atoms with Crippen LogP contribution in [0.4, 0.5) is 0 Å². The number of unbranched alkanes of at least 4 members (excludes halogenated alkanes) is 27. The van der Waals surface area contributed by atoms with Crippen LogP contribution in [0.1, 0.15) is 233 Å². The third kappa shape index (κ3) is 32.1. The van der Waals surface area contributed by atoms with Crippen molar-refractivity contribution in [3.05, 3.63) is 0 Å². The summed E-state index contributed by atoms with van der Waals surface area (Å²) in [5.41, 5.74) is 0. The molecule has 0 aromatic heterocycles. The lowest BCUT2D eigenvalue weighted by atomic mass is 9.89. The molecule has 0 aliphatic carbocycles. The van der Waals surface area contributed by atoms with Crippen molar-refractivity contribution < 1.29 is 0 Å². The van der Waals surface area contributed by atoms with Crippen LogP contribution < -0.4 is 0 Å². The predicted octanol–water partition coefficient (Wildman–Crippen LogP) is 14.5. The topological polar surface area (TPSA) is 0 Å². The fourth-order valence-corrected chi connectivity index (χ4v) is 6.19. The first-order valence-electron chi connectivity index (χ1n) is 18.3. The Bertz CT molecular complexity index is 372. The summed E-state index contributed by atoms with van der Waals surface area (Å²) >= 11 is 0. The Morgan fingerprint density at radius 2 is 0.378 bits per heavy atom. The average Bonchev–Trinajstić information content (AvgIpc) is 2.91. The van der Waals surface area contributed by atoms with E-state index in [0.717, 1.165) is 5.92 Å². The third-order valence-corrected chi connectivity index (χ3v) is 8.90. The molecular formula is C37H76. The minimum Gasteiger partial charge on any atom is -0.0654 e. The van der Waals surface area contributed by atoms with Gasteiger partial charge in [0.2, 0.25) is 0 Å². The highest BCUT2D eigenvalue weighted by Gasteiger charge is 2.08. The average molecular weight is 521 g/mol. The summed E-state index contributed by atoms with van der Waals surface area (Å²) in [6.45, 7) is 6.98. The molecular weight excluding hydrogens is 444 g/mol. The van der Waals surface area contributed by atoms with Gasteiger partial charge in [0, 0.05) is 0 Å². The van der Waals surface area contributed by atoms with Crippen molar-refractivity contribution in [2.24, 2.45) is 5.92 Å². The zero-order chi connectivity index (χ0) is 26.9. The van der Waals surface area contributed by atoms with Crippen LogP contribution in [-0.2, 0) is 0 Å². The van der Waals surface area contributed by atoms with Gasteiger partial charge in [-0.1, -0.05) is 233 Å². The number of hydrogen-bond acceptors (Lipinski definition) is 0. The monoisotopic (exact) mass is 521 g/mol. The molecule has 0 aromatic carbocycles. The first kappa shape index (κ1) is 37.0. The molecule has 0 nitrogen and oxygen atoms in total. The molecule has 0 N–H and O–H groups in total. The summed E-state index contributed by atoms with van der Waals surface area (Å²) in [4.78, 5) is 0. The van der Waals surface area contributed by atoms with Crippen LogP contribution in [0.15, 0.2) is 0 Å². The van der Waals surface area contributed by atoms with Gasteiger partial charge in [0.25, 0.3) is 0 Å². The van der Waals surface area contributed by atoms with Gasteiger partial charge in [0.1, 0.15) is 0 Å². The van der Waals surface area contributed by atoms with E-state index >= 15 is 0 Å². The Morgan fingerprint density at radius 3 is 0.595 bits per heavy atom. The van der Waals surface area contributed by atoms with E-state index < -0.39 is 0 Å². The van der Waals surface area contributed by atoms with Crippen molar-refractivity contribution in [3.8, 4) is 0 Å². The molecule has 0 rings (SSSR count). The Labute approximate surface area is 238 Å². The second-order valence-corrected chi connectivity index (χ2v) is 12.8. The third-order valence-electron chi connectivity index (χ3n) is 8.90. The molecule has 37 heavy (non-hydrogen) atoms. The fraction of sp³-hybridized carbons (Fsp3) is 1.00. The maximum absolute atomic E-state index is 2.34. The van der Waals surface area contributed by atoms with Gasteiger partial charge in [-0.2, -0.15) is 0 Å². The first-order chi connectivity index (χ1) is 18.3. The van der Waals surface area contributed by atoms with Crippen molar-refractivity contribution >= 4 is 0 Å². The second-order valence-electron chi connectivity index (χ2n) is 12.8. The van der Waals surface area contributed by atoms with Gasteiger partial charge in [0.15, 0.2) is 0 Å². The lowest BCUT2D eigenvalue weighted by Gasteiger charge is -2.17. The SMILES string of the molecule is CCCCCCCCCCCCCCCCCCCCCC(CCCCCC)CCCCCCCCC. The van der Waals surface area contributed by atoms with E-state index in [2.05, 4.69) is 20.8 Å². The van der Waals surface area contributed by atoms with Crippen LogP contribution in [0.25, 0.3) is 0 Å². The Balaban J connectivity index is 3.50.